The normalized spacial score (nSPS) is 15.2. The number of carbonyl (C=O) groups is 4. The van der Waals surface area contributed by atoms with Crippen molar-refractivity contribution < 1.29 is 70.9 Å². The number of esters is 1. The predicted octanol–water partition coefficient (Wildman–Crippen LogP) is 5.93. The van der Waals surface area contributed by atoms with Crippen molar-refractivity contribution in [1.29, 1.82) is 0 Å². The Labute approximate surface area is 501 Å². The average Bonchev–Trinajstić information content (AvgIpc) is 3.01. The second-order valence-electron chi connectivity index (χ2n) is 21.1. The van der Waals surface area contributed by atoms with Crippen molar-refractivity contribution in [3.8, 4) is 11.4 Å². The Kier molecular flexibility index (Phi) is 26.4. The van der Waals surface area contributed by atoms with Gasteiger partial charge in [0.2, 0.25) is 17.7 Å². The first-order chi connectivity index (χ1) is 42.0. The van der Waals surface area contributed by atoms with Crippen molar-refractivity contribution in [2.24, 2.45) is 0 Å². The quantitative estimate of drug-likeness (QED) is 0.0257. The summed E-state index contributed by atoms with van der Waals surface area (Å²) in [4.78, 5) is 71.5. The van der Waals surface area contributed by atoms with E-state index in [-0.39, 0.29) is 68.5 Å². The van der Waals surface area contributed by atoms with Gasteiger partial charge in [-0.1, -0.05) is 56.3 Å². The summed E-state index contributed by atoms with van der Waals surface area (Å²) in [6.07, 6.45) is 3.03. The van der Waals surface area contributed by atoms with E-state index in [9.17, 15) is 24.0 Å². The zero-order valence-electron chi connectivity index (χ0n) is 49.8. The van der Waals surface area contributed by atoms with Crippen molar-refractivity contribution in [2.75, 3.05) is 131 Å². The lowest BCUT2D eigenvalue weighted by Crippen LogP contribution is -2.49. The summed E-state index contributed by atoms with van der Waals surface area (Å²) < 4.78 is 72.1. The molecular formula is C64H83FN6O15. The maximum Gasteiger partial charge on any atom is 0.313 e. The van der Waals surface area contributed by atoms with Crippen LogP contribution < -0.4 is 26.8 Å². The molecule has 0 radical (unpaired) electrons. The zero-order valence-corrected chi connectivity index (χ0v) is 49.8. The number of amides is 3. The van der Waals surface area contributed by atoms with Gasteiger partial charge in [0.05, 0.1) is 154 Å². The molecular weight excluding hydrogens is 1110 g/mol. The van der Waals surface area contributed by atoms with Crippen molar-refractivity contribution in [3.63, 3.8) is 0 Å². The summed E-state index contributed by atoms with van der Waals surface area (Å²) in [7, 11) is 0. The lowest BCUT2D eigenvalue weighted by Gasteiger charge is -2.30. The van der Waals surface area contributed by atoms with Gasteiger partial charge in [-0.2, -0.15) is 0 Å². The number of carbonyl (C=O) groups excluding carboxylic acids is 4. The van der Waals surface area contributed by atoms with Crippen LogP contribution in [0.15, 0.2) is 71.5 Å². The Morgan fingerprint density at radius 3 is 1.86 bits per heavy atom. The minimum Gasteiger partial charge on any atom is -0.460 e. The summed E-state index contributed by atoms with van der Waals surface area (Å²) in [5, 5.41) is 13.0. The molecule has 3 atom stereocenters. The van der Waals surface area contributed by atoms with Crippen LogP contribution in [0.5, 0.6) is 0 Å². The number of benzene rings is 3. The predicted molar refractivity (Wildman–Crippen MR) is 318 cm³/mol. The molecule has 2 aromatic heterocycles. The first-order valence-electron chi connectivity index (χ1n) is 30.0. The molecule has 3 aromatic carbocycles. The molecule has 0 spiro atoms. The number of hydrogen-bond donors (Lipinski definition) is 4. The number of nitrogens with zero attached hydrogens (tertiary/aromatic N) is 2. The molecule has 0 fully saturated rings. The average molecular weight is 1200 g/mol. The maximum absolute atomic E-state index is 15.5. The van der Waals surface area contributed by atoms with Gasteiger partial charge in [0, 0.05) is 54.7 Å². The summed E-state index contributed by atoms with van der Waals surface area (Å²) in [6.45, 7) is 14.2. The Balaban J connectivity index is 0.699. The third-order valence-electron chi connectivity index (χ3n) is 15.1. The lowest BCUT2D eigenvalue weighted by molar-refractivity contribution is -0.148. The van der Waals surface area contributed by atoms with Gasteiger partial charge in [0.25, 0.3) is 5.56 Å². The highest BCUT2D eigenvalue weighted by molar-refractivity contribution is 5.96. The first kappa shape index (κ1) is 65.4. The van der Waals surface area contributed by atoms with Crippen LogP contribution in [0.4, 0.5) is 10.1 Å². The van der Waals surface area contributed by atoms with E-state index >= 15 is 4.39 Å². The minimum absolute atomic E-state index is 0.0136. The topological polar surface area (TPSA) is 244 Å². The van der Waals surface area contributed by atoms with E-state index in [1.54, 1.807) is 23.6 Å². The molecule has 21 nitrogen and oxygen atoms in total. The molecule has 22 heteroatoms. The van der Waals surface area contributed by atoms with Crippen LogP contribution in [0.1, 0.15) is 96.0 Å². The molecule has 8 rings (SSSR count). The summed E-state index contributed by atoms with van der Waals surface area (Å²) in [6, 6.07) is 18.9. The van der Waals surface area contributed by atoms with Crippen molar-refractivity contribution in [2.45, 2.75) is 97.0 Å². The molecule has 0 saturated carbocycles. The van der Waals surface area contributed by atoms with Crippen LogP contribution in [0, 0.1) is 12.7 Å². The second-order valence-corrected chi connectivity index (χ2v) is 21.1. The number of ether oxygens (including phenoxy) is 10. The number of rotatable bonds is 40. The van der Waals surface area contributed by atoms with Gasteiger partial charge in [-0.05, 0) is 84.2 Å². The summed E-state index contributed by atoms with van der Waals surface area (Å²) >= 11 is 0. The molecule has 3 aliphatic rings. The van der Waals surface area contributed by atoms with Gasteiger partial charge in [0.1, 0.15) is 18.5 Å². The number of cyclic esters (lactones) is 1. The van der Waals surface area contributed by atoms with Crippen LogP contribution in [-0.2, 0) is 99.1 Å². The molecule has 4 heterocycles. The molecule has 466 valence electrons. The van der Waals surface area contributed by atoms with Crippen LogP contribution in [0.25, 0.3) is 22.3 Å². The Hall–Kier alpha value is -6.57. The molecule has 3 amide bonds. The van der Waals surface area contributed by atoms with E-state index in [1.165, 1.54) is 6.07 Å². The fourth-order valence-electron chi connectivity index (χ4n) is 10.7. The number of hydrogen-bond acceptors (Lipinski definition) is 17. The second kappa shape index (κ2) is 34.7. The number of nitrogens with one attached hydrogen (secondary N) is 4. The van der Waals surface area contributed by atoms with Crippen molar-refractivity contribution in [1.82, 2.24) is 25.5 Å². The van der Waals surface area contributed by atoms with Crippen LogP contribution in [-0.4, -0.2) is 165 Å². The summed E-state index contributed by atoms with van der Waals surface area (Å²) in [5.74, 6) is -2.57. The van der Waals surface area contributed by atoms with Crippen molar-refractivity contribution >= 4 is 40.3 Å². The largest absolute Gasteiger partial charge is 0.460 e. The number of aromatic nitrogens is 2. The molecule has 5 aromatic rings. The highest BCUT2D eigenvalue weighted by Gasteiger charge is 2.37. The molecule has 86 heavy (non-hydrogen) atoms. The zero-order chi connectivity index (χ0) is 60.5. The van der Waals surface area contributed by atoms with E-state index in [4.69, 9.17) is 52.4 Å². The smallest absolute Gasteiger partial charge is 0.313 e. The van der Waals surface area contributed by atoms with Crippen LogP contribution in [0.3, 0.4) is 0 Å². The number of anilines is 1. The fraction of sp³-hybridized carbons (Fsp3) is 0.531. The minimum atomic E-state index is -0.947. The Morgan fingerprint density at radius 2 is 1.28 bits per heavy atom. The Bertz CT molecular complexity index is 3070. The number of fused-ring (bicyclic) bond motifs is 5. The first-order valence-corrected chi connectivity index (χ1v) is 30.0. The van der Waals surface area contributed by atoms with Gasteiger partial charge in [-0.3, -0.25) is 24.0 Å². The van der Waals surface area contributed by atoms with E-state index in [0.29, 0.717) is 171 Å². The molecule has 4 N–H and O–H groups in total. The third kappa shape index (κ3) is 18.7. The van der Waals surface area contributed by atoms with E-state index in [1.807, 2.05) is 55.5 Å². The van der Waals surface area contributed by atoms with Gasteiger partial charge in [-0.15, -0.1) is 0 Å². The third-order valence-corrected chi connectivity index (χ3v) is 15.1. The number of aryl methyl sites for hydroxylation is 1. The molecule has 1 aliphatic carbocycles. The van der Waals surface area contributed by atoms with Gasteiger partial charge < -0.3 is 73.2 Å². The standard InChI is InChI=1S/C64H83FN6O15/c1-4-18-77-20-22-79-24-26-81-28-30-83-32-34-85-35-33-84-31-29-82-27-25-80-23-21-78-19-17-57(72)69-55(36-44-9-7-6-8-10-44)62(74)67-40-58(73)68-46-13-11-45(12-14-46)39-66-53-16-15-48-43(3)52(65)38-54-59(48)60(53)50-41-71-56(61(50)70-54)37-49-47(5-2)64(76)86-42-51(49)63(71)75/h6-14,37-38,47,53,55,66H,4-5,15-36,39-42H2,1-3H3,(H,67,74)(H,68,73)(H,69,72). The van der Waals surface area contributed by atoms with Crippen molar-refractivity contribution in [3.05, 3.63) is 127 Å². The van der Waals surface area contributed by atoms with Gasteiger partial charge >= 0.3 is 5.97 Å². The van der Waals surface area contributed by atoms with Gasteiger partial charge in [-0.25, -0.2) is 9.37 Å². The molecule has 2 aliphatic heterocycles. The molecule has 0 bridgehead atoms. The Morgan fingerprint density at radius 1 is 0.698 bits per heavy atom. The van der Waals surface area contributed by atoms with E-state index in [0.717, 1.165) is 46.2 Å². The maximum atomic E-state index is 15.5. The van der Waals surface area contributed by atoms with E-state index < -0.39 is 23.8 Å². The number of pyridine rings is 2. The van der Waals surface area contributed by atoms with Gasteiger partial charge in [0.15, 0.2) is 0 Å². The van der Waals surface area contributed by atoms with Crippen LogP contribution >= 0.6 is 0 Å². The lowest BCUT2D eigenvalue weighted by atomic mass is 9.81. The monoisotopic (exact) mass is 1190 g/mol. The molecule has 3 unspecified atom stereocenters. The summed E-state index contributed by atoms with van der Waals surface area (Å²) in [5.41, 5.74) is 8.40. The van der Waals surface area contributed by atoms with E-state index in [2.05, 4.69) is 28.2 Å². The molecule has 0 saturated heterocycles. The number of halogens is 1. The highest BCUT2D eigenvalue weighted by Crippen LogP contribution is 2.45. The highest BCUT2D eigenvalue weighted by atomic mass is 19.1. The van der Waals surface area contributed by atoms with Crippen LogP contribution in [0.2, 0.25) is 0 Å². The SMILES string of the molecule is CCCOCCOCCOCCOCCOCCOCCOCCOCCOCCC(=O)NC(Cc1ccccc1)C(=O)NCC(=O)Nc1ccc(CNC2CCc3c(C)c(F)cc4nc5c(c2c34)Cn2c-5cc3c(c2=O)COC(=O)C3CC)cc1. The fourth-order valence-corrected chi connectivity index (χ4v) is 10.7.